The molecule has 1 amide bonds. The number of fused-ring (bicyclic) bond motifs is 1. The second-order valence-corrected chi connectivity index (χ2v) is 5.72. The van der Waals surface area contributed by atoms with Gasteiger partial charge in [0.05, 0.1) is 12.1 Å². The number of anilines is 1. The average Bonchev–Trinajstić information content (AvgIpc) is 2.64. The maximum absolute atomic E-state index is 12.2. The predicted molar refractivity (Wildman–Crippen MR) is 96.9 cm³/mol. The zero-order valence-electron chi connectivity index (χ0n) is 13.9. The van der Waals surface area contributed by atoms with Gasteiger partial charge in [0.25, 0.3) is 5.56 Å². The van der Waals surface area contributed by atoms with Crippen LogP contribution in [0.5, 0.6) is 0 Å². The molecule has 2 heterocycles. The summed E-state index contributed by atoms with van der Waals surface area (Å²) < 4.78 is 5.00. The van der Waals surface area contributed by atoms with E-state index in [1.807, 2.05) is 30.3 Å². The molecule has 0 atom stereocenters. The third-order valence-electron chi connectivity index (χ3n) is 4.05. The van der Waals surface area contributed by atoms with Crippen LogP contribution in [0.1, 0.15) is 11.1 Å². The molecular formula is C19H19N3O3. The summed E-state index contributed by atoms with van der Waals surface area (Å²) in [5, 5.41) is 0.903. The number of pyridine rings is 2. The van der Waals surface area contributed by atoms with Gasteiger partial charge in [0.2, 0.25) is 6.41 Å². The van der Waals surface area contributed by atoms with Crippen LogP contribution in [-0.2, 0) is 16.0 Å². The number of nitrogens with zero attached hydrogens (tertiary/aromatic N) is 2. The molecule has 2 aromatic heterocycles. The van der Waals surface area contributed by atoms with E-state index in [2.05, 4.69) is 9.97 Å². The molecule has 0 bridgehead atoms. The van der Waals surface area contributed by atoms with Gasteiger partial charge in [-0.05, 0) is 29.8 Å². The molecule has 128 valence electrons. The van der Waals surface area contributed by atoms with Crippen LogP contribution < -0.4 is 10.5 Å². The lowest BCUT2D eigenvalue weighted by molar-refractivity contribution is -0.107. The third-order valence-corrected chi connectivity index (χ3v) is 4.05. The summed E-state index contributed by atoms with van der Waals surface area (Å²) in [6, 6.07) is 11.2. The van der Waals surface area contributed by atoms with Crippen molar-refractivity contribution in [3.8, 4) is 0 Å². The minimum absolute atomic E-state index is 0.0996. The summed E-state index contributed by atoms with van der Waals surface area (Å²) in [6.45, 7) is 0.970. The first-order chi connectivity index (χ1) is 12.2. The molecule has 0 unspecified atom stereocenters. The lowest BCUT2D eigenvalue weighted by Crippen LogP contribution is -2.25. The third kappa shape index (κ3) is 3.92. The first-order valence-electron chi connectivity index (χ1n) is 7.97. The highest BCUT2D eigenvalue weighted by Gasteiger charge is 2.07. The van der Waals surface area contributed by atoms with Gasteiger partial charge in [0, 0.05) is 49.1 Å². The van der Waals surface area contributed by atoms with E-state index < -0.39 is 0 Å². The Morgan fingerprint density at radius 1 is 1.24 bits per heavy atom. The Balaban J connectivity index is 1.80. The van der Waals surface area contributed by atoms with E-state index in [-0.39, 0.29) is 5.56 Å². The van der Waals surface area contributed by atoms with Crippen molar-refractivity contribution in [2.45, 2.75) is 6.42 Å². The second-order valence-electron chi connectivity index (χ2n) is 5.72. The van der Waals surface area contributed by atoms with E-state index in [0.717, 1.165) is 28.6 Å². The number of nitrogens with one attached hydrogen (secondary N) is 1. The van der Waals surface area contributed by atoms with Gasteiger partial charge in [-0.25, -0.2) is 0 Å². The largest absolute Gasteiger partial charge is 0.383 e. The normalized spacial score (nSPS) is 10.8. The van der Waals surface area contributed by atoms with Crippen LogP contribution in [-0.4, -0.2) is 36.6 Å². The highest BCUT2D eigenvalue weighted by Crippen LogP contribution is 2.17. The van der Waals surface area contributed by atoms with Crippen LogP contribution in [0.3, 0.4) is 0 Å². The topological polar surface area (TPSA) is 75.3 Å². The first-order valence-corrected chi connectivity index (χ1v) is 7.97. The molecule has 0 aliphatic rings. The minimum Gasteiger partial charge on any atom is -0.383 e. The number of aromatic amines is 1. The molecule has 1 aromatic carbocycles. The number of H-pyrrole nitrogens is 1. The number of benzene rings is 1. The zero-order chi connectivity index (χ0) is 17.6. The number of carbonyl (C=O) groups is 1. The number of rotatable bonds is 7. The quantitative estimate of drug-likeness (QED) is 0.670. The van der Waals surface area contributed by atoms with Gasteiger partial charge in [-0.2, -0.15) is 0 Å². The van der Waals surface area contributed by atoms with Gasteiger partial charge < -0.3 is 14.6 Å². The SMILES string of the molecule is COCCN(C=O)c1ccc(Cc2cc3cnccc3[nH]c2=O)cc1. The van der Waals surface area contributed by atoms with E-state index in [9.17, 15) is 9.59 Å². The number of ether oxygens (including phenoxy) is 1. The minimum atomic E-state index is -0.0996. The smallest absolute Gasteiger partial charge is 0.251 e. The predicted octanol–water partition coefficient (Wildman–Crippen LogP) is 2.12. The molecule has 25 heavy (non-hydrogen) atoms. The number of carbonyl (C=O) groups excluding carboxylic acids is 1. The summed E-state index contributed by atoms with van der Waals surface area (Å²) in [5.41, 5.74) is 3.15. The fourth-order valence-corrected chi connectivity index (χ4v) is 2.68. The molecule has 3 rings (SSSR count). The number of hydrogen-bond acceptors (Lipinski definition) is 4. The van der Waals surface area contributed by atoms with Crippen molar-refractivity contribution in [1.82, 2.24) is 9.97 Å². The highest BCUT2D eigenvalue weighted by atomic mass is 16.5. The molecule has 0 saturated carbocycles. The van der Waals surface area contributed by atoms with Gasteiger partial charge in [-0.3, -0.25) is 14.6 Å². The number of methoxy groups -OCH3 is 1. The van der Waals surface area contributed by atoms with Crippen LogP contribution in [0, 0.1) is 0 Å². The summed E-state index contributed by atoms with van der Waals surface area (Å²) in [5.74, 6) is 0. The maximum atomic E-state index is 12.2. The standard InChI is InChI=1S/C19H19N3O3/c1-25-9-8-22(13-23)17-4-2-14(3-5-17)10-15-11-16-12-20-7-6-18(16)21-19(15)24/h2-7,11-13H,8-10H2,1H3,(H,21,24). The molecule has 0 aliphatic heterocycles. The van der Waals surface area contributed by atoms with E-state index in [1.54, 1.807) is 30.5 Å². The zero-order valence-corrected chi connectivity index (χ0v) is 13.9. The van der Waals surface area contributed by atoms with E-state index in [0.29, 0.717) is 25.1 Å². The van der Waals surface area contributed by atoms with Gasteiger partial charge in [-0.1, -0.05) is 12.1 Å². The van der Waals surface area contributed by atoms with Gasteiger partial charge >= 0.3 is 0 Å². The molecule has 6 heteroatoms. The summed E-state index contributed by atoms with van der Waals surface area (Å²) in [6.07, 6.45) is 4.68. The van der Waals surface area contributed by atoms with E-state index in [4.69, 9.17) is 4.74 Å². The fourth-order valence-electron chi connectivity index (χ4n) is 2.68. The molecular weight excluding hydrogens is 318 g/mol. The molecule has 6 nitrogen and oxygen atoms in total. The summed E-state index contributed by atoms with van der Waals surface area (Å²) >= 11 is 0. The van der Waals surface area contributed by atoms with Crippen LogP contribution in [0.2, 0.25) is 0 Å². The van der Waals surface area contributed by atoms with Crippen molar-refractivity contribution in [2.24, 2.45) is 0 Å². The Bertz CT molecular complexity index is 919. The number of aromatic nitrogens is 2. The van der Waals surface area contributed by atoms with Crippen LogP contribution in [0.4, 0.5) is 5.69 Å². The number of hydrogen-bond donors (Lipinski definition) is 1. The van der Waals surface area contributed by atoms with Gasteiger partial charge in [0.15, 0.2) is 0 Å². The fraction of sp³-hybridized carbons (Fsp3) is 0.211. The van der Waals surface area contributed by atoms with Crippen molar-refractivity contribution >= 4 is 23.0 Å². The van der Waals surface area contributed by atoms with Crippen LogP contribution in [0.15, 0.2) is 53.6 Å². The van der Waals surface area contributed by atoms with Crippen molar-refractivity contribution in [1.29, 1.82) is 0 Å². The number of amides is 1. The lowest BCUT2D eigenvalue weighted by atomic mass is 10.0. The average molecular weight is 337 g/mol. The molecule has 0 aliphatic carbocycles. The second kappa shape index (κ2) is 7.72. The molecule has 0 spiro atoms. The lowest BCUT2D eigenvalue weighted by Gasteiger charge is -2.17. The molecule has 1 N–H and O–H groups in total. The van der Waals surface area contributed by atoms with Gasteiger partial charge in [-0.15, -0.1) is 0 Å². The molecule has 3 aromatic rings. The van der Waals surface area contributed by atoms with Crippen molar-refractivity contribution in [3.63, 3.8) is 0 Å². The Morgan fingerprint density at radius 3 is 2.76 bits per heavy atom. The monoisotopic (exact) mass is 337 g/mol. The Morgan fingerprint density at radius 2 is 2.04 bits per heavy atom. The molecule has 0 fully saturated rings. The Kier molecular flexibility index (Phi) is 5.20. The van der Waals surface area contributed by atoms with Crippen molar-refractivity contribution in [3.05, 3.63) is 70.3 Å². The summed E-state index contributed by atoms with van der Waals surface area (Å²) in [4.78, 5) is 32.0. The van der Waals surface area contributed by atoms with Crippen molar-refractivity contribution in [2.75, 3.05) is 25.2 Å². The first kappa shape index (κ1) is 16.9. The highest BCUT2D eigenvalue weighted by molar-refractivity contribution is 5.77. The van der Waals surface area contributed by atoms with Gasteiger partial charge in [0.1, 0.15) is 0 Å². The maximum Gasteiger partial charge on any atom is 0.251 e. The molecule has 0 radical (unpaired) electrons. The Hall–Kier alpha value is -2.99. The van der Waals surface area contributed by atoms with Crippen molar-refractivity contribution < 1.29 is 9.53 Å². The van der Waals surface area contributed by atoms with Crippen LogP contribution in [0.25, 0.3) is 10.9 Å². The van der Waals surface area contributed by atoms with E-state index >= 15 is 0 Å². The molecule has 0 saturated heterocycles. The van der Waals surface area contributed by atoms with Crippen LogP contribution >= 0.6 is 0 Å². The van der Waals surface area contributed by atoms with E-state index in [1.165, 1.54) is 0 Å². The Labute approximate surface area is 145 Å². The summed E-state index contributed by atoms with van der Waals surface area (Å²) in [7, 11) is 1.60.